The molecule has 3 rings (SSSR count). The maximum atomic E-state index is 12.8. The lowest BCUT2D eigenvalue weighted by molar-refractivity contribution is 0.589. The number of aryl methyl sites for hydroxylation is 1. The molecular formula is C15H10BrCl2NO2S. The van der Waals surface area contributed by atoms with Gasteiger partial charge < -0.3 is 0 Å². The Hall–Kier alpha value is -1.01. The third-order valence-corrected chi connectivity index (χ3v) is 6.48. The Bertz CT molecular complexity index is 979. The van der Waals surface area contributed by atoms with Gasteiger partial charge in [0, 0.05) is 16.1 Å². The summed E-state index contributed by atoms with van der Waals surface area (Å²) in [5.74, 6) is 0. The summed E-state index contributed by atoms with van der Waals surface area (Å²) in [5, 5.41) is 1.19. The number of nitrogens with zero attached hydrogens (tertiary/aromatic N) is 1. The maximum Gasteiger partial charge on any atom is 0.268 e. The average Bonchev–Trinajstić information content (AvgIpc) is 2.91. The molecule has 0 atom stereocenters. The van der Waals surface area contributed by atoms with Crippen molar-refractivity contribution in [2.45, 2.75) is 11.8 Å². The SMILES string of the molecule is Cc1ccc(S(=O)(=O)n2ccc3c(Br)cc(Cl)c(Cl)c32)cc1. The summed E-state index contributed by atoms with van der Waals surface area (Å²) in [7, 11) is -3.74. The fraction of sp³-hybridized carbons (Fsp3) is 0.0667. The van der Waals surface area contributed by atoms with E-state index in [0.29, 0.717) is 20.4 Å². The van der Waals surface area contributed by atoms with Gasteiger partial charge >= 0.3 is 0 Å². The smallest absolute Gasteiger partial charge is 0.240 e. The zero-order chi connectivity index (χ0) is 16.1. The van der Waals surface area contributed by atoms with Crippen LogP contribution in [0.4, 0.5) is 0 Å². The molecule has 0 aliphatic rings. The summed E-state index contributed by atoms with van der Waals surface area (Å²) in [6, 6.07) is 9.99. The van der Waals surface area contributed by atoms with Crippen LogP contribution in [-0.4, -0.2) is 12.4 Å². The topological polar surface area (TPSA) is 39.1 Å². The Labute approximate surface area is 146 Å². The molecule has 22 heavy (non-hydrogen) atoms. The third kappa shape index (κ3) is 2.46. The molecule has 3 aromatic rings. The van der Waals surface area contributed by atoms with Gasteiger partial charge in [0.1, 0.15) is 0 Å². The molecule has 0 amide bonds. The second-order valence-corrected chi connectivity index (χ2v) is 8.30. The van der Waals surface area contributed by atoms with Gasteiger partial charge in [0.15, 0.2) is 0 Å². The number of hydrogen-bond acceptors (Lipinski definition) is 2. The second kappa shape index (κ2) is 5.57. The summed E-state index contributed by atoms with van der Waals surface area (Å²) in [6.45, 7) is 1.90. The number of hydrogen-bond donors (Lipinski definition) is 0. The van der Waals surface area contributed by atoms with Crippen molar-refractivity contribution in [1.82, 2.24) is 3.97 Å². The van der Waals surface area contributed by atoms with Gasteiger partial charge in [-0.1, -0.05) is 56.8 Å². The van der Waals surface area contributed by atoms with Gasteiger partial charge in [0.25, 0.3) is 10.0 Å². The molecule has 0 aliphatic heterocycles. The van der Waals surface area contributed by atoms with Crippen LogP contribution in [0.1, 0.15) is 5.56 Å². The first-order valence-corrected chi connectivity index (χ1v) is 9.28. The number of benzene rings is 2. The van der Waals surface area contributed by atoms with Gasteiger partial charge in [-0.05, 0) is 31.2 Å². The Balaban J connectivity index is 2.33. The summed E-state index contributed by atoms with van der Waals surface area (Å²) in [6.07, 6.45) is 1.48. The summed E-state index contributed by atoms with van der Waals surface area (Å²) in [5.41, 5.74) is 1.35. The highest BCUT2D eigenvalue weighted by Gasteiger charge is 2.22. The molecule has 0 radical (unpaired) electrons. The Morgan fingerprint density at radius 3 is 2.36 bits per heavy atom. The monoisotopic (exact) mass is 417 g/mol. The lowest BCUT2D eigenvalue weighted by atomic mass is 10.2. The molecule has 114 valence electrons. The van der Waals surface area contributed by atoms with Gasteiger partial charge in [-0.15, -0.1) is 0 Å². The van der Waals surface area contributed by atoms with Gasteiger partial charge in [-0.25, -0.2) is 12.4 Å². The fourth-order valence-electron chi connectivity index (χ4n) is 2.21. The molecule has 0 spiro atoms. The van der Waals surface area contributed by atoms with Gasteiger partial charge in [0.2, 0.25) is 0 Å². The minimum atomic E-state index is -3.74. The van der Waals surface area contributed by atoms with Gasteiger partial charge in [-0.2, -0.15) is 0 Å². The highest BCUT2D eigenvalue weighted by atomic mass is 79.9. The molecule has 1 heterocycles. The predicted molar refractivity (Wildman–Crippen MR) is 93.4 cm³/mol. The van der Waals surface area contributed by atoms with E-state index in [1.165, 1.54) is 6.20 Å². The number of fused-ring (bicyclic) bond motifs is 1. The first-order chi connectivity index (χ1) is 10.3. The third-order valence-electron chi connectivity index (χ3n) is 3.36. The van der Waals surface area contributed by atoms with Crippen molar-refractivity contribution in [3.63, 3.8) is 0 Å². The van der Waals surface area contributed by atoms with Crippen LogP contribution in [0.5, 0.6) is 0 Å². The van der Waals surface area contributed by atoms with Crippen molar-refractivity contribution in [3.8, 4) is 0 Å². The predicted octanol–water partition coefficient (Wildman–Crippen LogP) is 5.26. The molecule has 0 saturated heterocycles. The summed E-state index contributed by atoms with van der Waals surface area (Å²) < 4.78 is 27.5. The van der Waals surface area contributed by atoms with Crippen molar-refractivity contribution in [3.05, 3.63) is 62.7 Å². The average molecular weight is 419 g/mol. The van der Waals surface area contributed by atoms with Gasteiger partial charge in [-0.3, -0.25) is 0 Å². The molecule has 3 nitrogen and oxygen atoms in total. The van der Waals surface area contributed by atoms with Crippen LogP contribution >= 0.6 is 39.1 Å². The van der Waals surface area contributed by atoms with Crippen molar-refractivity contribution in [1.29, 1.82) is 0 Å². The molecule has 0 N–H and O–H groups in total. The molecule has 7 heteroatoms. The van der Waals surface area contributed by atoms with Crippen LogP contribution in [0.25, 0.3) is 10.9 Å². The van der Waals surface area contributed by atoms with E-state index in [1.807, 2.05) is 6.92 Å². The van der Waals surface area contributed by atoms with Crippen molar-refractivity contribution in [2.75, 3.05) is 0 Å². The molecule has 0 fully saturated rings. The Morgan fingerprint density at radius 2 is 1.73 bits per heavy atom. The van der Waals surface area contributed by atoms with Crippen LogP contribution in [0.2, 0.25) is 10.0 Å². The highest BCUT2D eigenvalue weighted by molar-refractivity contribution is 9.10. The highest BCUT2D eigenvalue weighted by Crippen LogP contribution is 2.38. The molecule has 0 unspecified atom stereocenters. The van der Waals surface area contributed by atoms with E-state index >= 15 is 0 Å². The number of rotatable bonds is 2. The Morgan fingerprint density at radius 1 is 1.09 bits per heavy atom. The van der Waals surface area contributed by atoms with Crippen molar-refractivity contribution in [2.24, 2.45) is 0 Å². The standard InChI is InChI=1S/C15H10BrCl2NO2S/c1-9-2-4-10(5-3-9)22(20,21)19-7-6-11-12(16)8-13(17)14(18)15(11)19/h2-8H,1H3. The lowest BCUT2D eigenvalue weighted by Crippen LogP contribution is -2.12. The van der Waals surface area contributed by atoms with Crippen molar-refractivity contribution < 1.29 is 8.42 Å². The van der Waals surface area contributed by atoms with E-state index in [0.717, 1.165) is 9.54 Å². The largest absolute Gasteiger partial charge is 0.268 e. The second-order valence-electron chi connectivity index (χ2n) is 4.85. The van der Waals surface area contributed by atoms with Crippen LogP contribution < -0.4 is 0 Å². The minimum Gasteiger partial charge on any atom is -0.240 e. The molecule has 0 bridgehead atoms. The molecule has 2 aromatic carbocycles. The molecule has 1 aromatic heterocycles. The fourth-order valence-corrected chi connectivity index (χ4v) is 4.75. The van der Waals surface area contributed by atoms with E-state index in [-0.39, 0.29) is 9.92 Å². The first-order valence-electron chi connectivity index (χ1n) is 6.29. The lowest BCUT2D eigenvalue weighted by Gasteiger charge is -2.10. The van der Waals surface area contributed by atoms with E-state index in [2.05, 4.69) is 15.9 Å². The quantitative estimate of drug-likeness (QED) is 0.532. The summed E-state index contributed by atoms with van der Waals surface area (Å²) in [4.78, 5) is 0.197. The Kier molecular flexibility index (Phi) is 4.01. The van der Waals surface area contributed by atoms with Crippen molar-refractivity contribution >= 4 is 60.1 Å². The number of halogens is 3. The van der Waals surface area contributed by atoms with Crippen LogP contribution in [0.3, 0.4) is 0 Å². The molecular weight excluding hydrogens is 409 g/mol. The summed E-state index contributed by atoms with van der Waals surface area (Å²) >= 11 is 15.7. The zero-order valence-corrected chi connectivity index (χ0v) is 15.3. The molecule has 0 aliphatic carbocycles. The maximum absolute atomic E-state index is 12.8. The molecule has 0 saturated carbocycles. The van der Waals surface area contributed by atoms with Crippen LogP contribution in [-0.2, 0) is 10.0 Å². The first kappa shape index (κ1) is 15.9. The normalized spacial score (nSPS) is 12.0. The van der Waals surface area contributed by atoms with E-state index in [1.54, 1.807) is 36.4 Å². The van der Waals surface area contributed by atoms with Crippen LogP contribution in [0.15, 0.2) is 52.0 Å². The minimum absolute atomic E-state index is 0.197. The van der Waals surface area contributed by atoms with Gasteiger partial charge in [0.05, 0.1) is 20.5 Å². The van der Waals surface area contributed by atoms with E-state index < -0.39 is 10.0 Å². The van der Waals surface area contributed by atoms with E-state index in [4.69, 9.17) is 23.2 Å². The van der Waals surface area contributed by atoms with E-state index in [9.17, 15) is 8.42 Å². The number of aromatic nitrogens is 1. The van der Waals surface area contributed by atoms with Crippen LogP contribution in [0, 0.1) is 6.92 Å². The zero-order valence-electron chi connectivity index (χ0n) is 11.3.